The van der Waals surface area contributed by atoms with Gasteiger partial charge < -0.3 is 5.32 Å². The summed E-state index contributed by atoms with van der Waals surface area (Å²) in [5, 5.41) is 3.94. The molecule has 1 N–H and O–H groups in total. The van der Waals surface area contributed by atoms with E-state index in [1.54, 1.807) is 6.20 Å². The van der Waals surface area contributed by atoms with E-state index in [2.05, 4.69) is 41.5 Å². The van der Waals surface area contributed by atoms with Gasteiger partial charge in [0.05, 0.1) is 5.02 Å². The minimum atomic E-state index is 0.662. The van der Waals surface area contributed by atoms with Crippen molar-refractivity contribution in [3.63, 3.8) is 0 Å². The Kier molecular flexibility index (Phi) is 3.99. The number of hydrogen-bond acceptors (Lipinski definition) is 2. The molecule has 2 rings (SSSR count). The van der Waals surface area contributed by atoms with E-state index >= 15 is 0 Å². The van der Waals surface area contributed by atoms with Gasteiger partial charge in [-0.15, -0.1) is 0 Å². The van der Waals surface area contributed by atoms with Crippen LogP contribution in [0.3, 0.4) is 0 Å². The molecular formula is C14H15ClN2. The number of rotatable bonds is 4. The van der Waals surface area contributed by atoms with Crippen LogP contribution in [0.1, 0.15) is 11.1 Å². The first-order chi connectivity index (χ1) is 8.25. The Balaban J connectivity index is 1.88. The van der Waals surface area contributed by atoms with Crippen LogP contribution >= 0.6 is 11.6 Å². The van der Waals surface area contributed by atoms with Crippen molar-refractivity contribution in [2.75, 3.05) is 11.9 Å². The first-order valence-electron chi connectivity index (χ1n) is 5.65. The topological polar surface area (TPSA) is 24.9 Å². The van der Waals surface area contributed by atoms with E-state index < -0.39 is 0 Å². The SMILES string of the molecule is Cc1ccccc1CCNc1ccc(Cl)cn1. The average Bonchev–Trinajstić information content (AvgIpc) is 2.34. The smallest absolute Gasteiger partial charge is 0.125 e. The minimum absolute atomic E-state index is 0.662. The molecule has 1 aromatic heterocycles. The zero-order valence-corrected chi connectivity index (χ0v) is 10.5. The molecule has 2 nitrogen and oxygen atoms in total. The van der Waals surface area contributed by atoms with Crippen LogP contribution in [0.25, 0.3) is 0 Å². The molecule has 1 aromatic carbocycles. The third-order valence-electron chi connectivity index (χ3n) is 2.69. The van der Waals surface area contributed by atoms with Gasteiger partial charge in [-0.1, -0.05) is 35.9 Å². The average molecular weight is 247 g/mol. The lowest BCUT2D eigenvalue weighted by atomic mass is 10.1. The molecule has 0 unspecified atom stereocenters. The molecule has 3 heteroatoms. The fourth-order valence-corrected chi connectivity index (χ4v) is 1.81. The predicted molar refractivity (Wildman–Crippen MR) is 72.6 cm³/mol. The summed E-state index contributed by atoms with van der Waals surface area (Å²) in [4.78, 5) is 4.19. The van der Waals surface area contributed by atoms with Crippen molar-refractivity contribution in [2.45, 2.75) is 13.3 Å². The Labute approximate surface area is 107 Å². The summed E-state index contributed by atoms with van der Waals surface area (Å²) in [7, 11) is 0. The van der Waals surface area contributed by atoms with Gasteiger partial charge in [0.15, 0.2) is 0 Å². The molecule has 0 bridgehead atoms. The highest BCUT2D eigenvalue weighted by Gasteiger charge is 1.97. The second-order valence-corrected chi connectivity index (χ2v) is 4.40. The zero-order valence-electron chi connectivity index (χ0n) is 9.78. The number of hydrogen-bond donors (Lipinski definition) is 1. The first-order valence-corrected chi connectivity index (χ1v) is 6.03. The van der Waals surface area contributed by atoms with Gasteiger partial charge in [-0.25, -0.2) is 4.98 Å². The van der Waals surface area contributed by atoms with Crippen LogP contribution in [0.2, 0.25) is 5.02 Å². The van der Waals surface area contributed by atoms with Crippen molar-refractivity contribution in [3.05, 3.63) is 58.7 Å². The Morgan fingerprint density at radius 2 is 2.00 bits per heavy atom. The Morgan fingerprint density at radius 1 is 1.18 bits per heavy atom. The van der Waals surface area contributed by atoms with Crippen molar-refractivity contribution < 1.29 is 0 Å². The zero-order chi connectivity index (χ0) is 12.1. The standard InChI is InChI=1S/C14H15ClN2/c1-11-4-2-3-5-12(11)8-9-16-14-7-6-13(15)10-17-14/h2-7,10H,8-9H2,1H3,(H,16,17). The maximum atomic E-state index is 5.77. The van der Waals surface area contributed by atoms with Crippen LogP contribution in [0.4, 0.5) is 5.82 Å². The molecule has 88 valence electrons. The molecule has 0 amide bonds. The molecule has 0 aliphatic carbocycles. The molecule has 0 fully saturated rings. The van der Waals surface area contributed by atoms with Gasteiger partial charge in [0.25, 0.3) is 0 Å². The molecule has 0 aliphatic rings. The summed E-state index contributed by atoms with van der Waals surface area (Å²) in [6, 6.07) is 12.2. The minimum Gasteiger partial charge on any atom is -0.370 e. The number of nitrogens with zero attached hydrogens (tertiary/aromatic N) is 1. The van der Waals surface area contributed by atoms with Crippen molar-refractivity contribution in [1.82, 2.24) is 4.98 Å². The van der Waals surface area contributed by atoms with Gasteiger partial charge in [0, 0.05) is 12.7 Å². The van der Waals surface area contributed by atoms with E-state index in [-0.39, 0.29) is 0 Å². The first kappa shape index (κ1) is 11.9. The van der Waals surface area contributed by atoms with Gasteiger partial charge in [-0.2, -0.15) is 0 Å². The quantitative estimate of drug-likeness (QED) is 0.890. The lowest BCUT2D eigenvalue weighted by Gasteiger charge is -2.07. The third kappa shape index (κ3) is 3.46. The van der Waals surface area contributed by atoms with E-state index in [4.69, 9.17) is 11.6 Å². The molecule has 0 saturated carbocycles. The fourth-order valence-electron chi connectivity index (χ4n) is 1.70. The third-order valence-corrected chi connectivity index (χ3v) is 2.91. The molecule has 0 atom stereocenters. The highest BCUT2D eigenvalue weighted by Crippen LogP contribution is 2.11. The second kappa shape index (κ2) is 5.69. The van der Waals surface area contributed by atoms with E-state index in [0.29, 0.717) is 5.02 Å². The molecule has 17 heavy (non-hydrogen) atoms. The van der Waals surface area contributed by atoms with Crippen LogP contribution in [-0.2, 0) is 6.42 Å². The lowest BCUT2D eigenvalue weighted by molar-refractivity contribution is 0.994. The highest BCUT2D eigenvalue weighted by molar-refractivity contribution is 6.30. The summed E-state index contributed by atoms with van der Waals surface area (Å²) in [6.45, 7) is 3.01. The van der Waals surface area contributed by atoms with Crippen molar-refractivity contribution in [2.24, 2.45) is 0 Å². The van der Waals surface area contributed by atoms with Crippen LogP contribution in [0.5, 0.6) is 0 Å². The normalized spacial score (nSPS) is 10.2. The second-order valence-electron chi connectivity index (χ2n) is 3.96. The van der Waals surface area contributed by atoms with E-state index in [9.17, 15) is 0 Å². The fraction of sp³-hybridized carbons (Fsp3) is 0.214. The molecule has 0 saturated heterocycles. The number of aromatic nitrogens is 1. The number of pyridine rings is 1. The Hall–Kier alpha value is -1.54. The Morgan fingerprint density at radius 3 is 2.71 bits per heavy atom. The molecule has 0 radical (unpaired) electrons. The number of aryl methyl sites for hydroxylation is 1. The highest BCUT2D eigenvalue weighted by atomic mass is 35.5. The van der Waals surface area contributed by atoms with Crippen molar-refractivity contribution in [3.8, 4) is 0 Å². The molecule has 0 aliphatic heterocycles. The summed E-state index contributed by atoms with van der Waals surface area (Å²) in [6.07, 6.45) is 2.65. The number of nitrogens with one attached hydrogen (secondary N) is 1. The van der Waals surface area contributed by atoms with Gasteiger partial charge >= 0.3 is 0 Å². The summed E-state index contributed by atoms with van der Waals surface area (Å²) in [5.74, 6) is 0.864. The van der Waals surface area contributed by atoms with E-state index in [0.717, 1.165) is 18.8 Å². The van der Waals surface area contributed by atoms with E-state index in [1.165, 1.54) is 11.1 Å². The molecular weight excluding hydrogens is 232 g/mol. The van der Waals surface area contributed by atoms with Gasteiger partial charge in [-0.3, -0.25) is 0 Å². The van der Waals surface area contributed by atoms with Crippen LogP contribution < -0.4 is 5.32 Å². The largest absolute Gasteiger partial charge is 0.370 e. The van der Waals surface area contributed by atoms with Crippen LogP contribution in [0, 0.1) is 6.92 Å². The maximum Gasteiger partial charge on any atom is 0.125 e. The maximum absolute atomic E-state index is 5.77. The summed E-state index contributed by atoms with van der Waals surface area (Å²) < 4.78 is 0. The van der Waals surface area contributed by atoms with Crippen molar-refractivity contribution in [1.29, 1.82) is 0 Å². The van der Waals surface area contributed by atoms with Gasteiger partial charge in [0.2, 0.25) is 0 Å². The van der Waals surface area contributed by atoms with Gasteiger partial charge in [0.1, 0.15) is 5.82 Å². The van der Waals surface area contributed by atoms with Crippen LogP contribution in [-0.4, -0.2) is 11.5 Å². The predicted octanol–water partition coefficient (Wildman–Crippen LogP) is 3.70. The van der Waals surface area contributed by atoms with Crippen LogP contribution in [0.15, 0.2) is 42.6 Å². The molecule has 2 aromatic rings. The van der Waals surface area contributed by atoms with Gasteiger partial charge in [-0.05, 0) is 36.6 Å². The molecule has 0 spiro atoms. The number of benzene rings is 1. The number of halogens is 1. The molecule has 1 heterocycles. The summed E-state index contributed by atoms with van der Waals surface area (Å²) in [5.41, 5.74) is 2.70. The number of anilines is 1. The van der Waals surface area contributed by atoms with Crippen molar-refractivity contribution >= 4 is 17.4 Å². The van der Waals surface area contributed by atoms with E-state index in [1.807, 2.05) is 12.1 Å². The monoisotopic (exact) mass is 246 g/mol. The Bertz CT molecular complexity index is 480. The summed E-state index contributed by atoms with van der Waals surface area (Å²) >= 11 is 5.77. The lowest BCUT2D eigenvalue weighted by Crippen LogP contribution is -2.06.